The minimum Gasteiger partial charge on any atom is -0.496 e. The number of ether oxygens (including phenoxy) is 1. The zero-order valence-corrected chi connectivity index (χ0v) is 19.3. The number of rotatable bonds is 9. The Kier molecular flexibility index (Phi) is 8.00. The second kappa shape index (κ2) is 10.7. The van der Waals surface area contributed by atoms with Gasteiger partial charge in [-0.25, -0.2) is 9.79 Å². The van der Waals surface area contributed by atoms with Gasteiger partial charge in [0.25, 0.3) is 5.91 Å². The summed E-state index contributed by atoms with van der Waals surface area (Å²) in [7, 11) is 5.15. The highest BCUT2D eigenvalue weighted by molar-refractivity contribution is 5.92. The number of hydrogen-bond donors (Lipinski definition) is 3. The first-order valence-corrected chi connectivity index (χ1v) is 10.6. The summed E-state index contributed by atoms with van der Waals surface area (Å²) in [6.45, 7) is 2.63. The molecule has 182 valence electrons. The van der Waals surface area contributed by atoms with Crippen LogP contribution < -0.4 is 9.64 Å². The number of aromatic carboxylic acids is 1. The number of carbonyl (C=O) groups excluding carboxylic acids is 1. The number of anilines is 1. The average Bonchev–Trinajstić information content (AvgIpc) is 3.20. The Hall–Kier alpha value is -3.31. The Morgan fingerprint density at radius 3 is 2.50 bits per heavy atom. The van der Waals surface area contributed by atoms with Gasteiger partial charge < -0.3 is 25.0 Å². The Labute approximate surface area is 197 Å². The molecule has 10 nitrogen and oxygen atoms in total. The topological polar surface area (TPSA) is 132 Å². The Morgan fingerprint density at radius 1 is 1.21 bits per heavy atom. The number of aliphatic hydroxyl groups excluding tert-OH is 2. The van der Waals surface area contributed by atoms with Crippen LogP contribution in [0.15, 0.2) is 41.4 Å². The predicted molar refractivity (Wildman–Crippen MR) is 126 cm³/mol. The summed E-state index contributed by atoms with van der Waals surface area (Å²) in [5.41, 5.74) is 2.81. The van der Waals surface area contributed by atoms with Gasteiger partial charge in [0.15, 0.2) is 0 Å². The molecule has 3 atom stereocenters. The van der Waals surface area contributed by atoms with Gasteiger partial charge in [0, 0.05) is 36.8 Å². The smallest absolute Gasteiger partial charge is 0.335 e. The number of carbonyl (C=O) groups is 2. The second-order valence-corrected chi connectivity index (χ2v) is 8.16. The van der Waals surface area contributed by atoms with E-state index in [-0.39, 0.29) is 25.3 Å². The molecular formula is C24H29N3O7. The fourth-order valence-corrected chi connectivity index (χ4v) is 4.15. The fourth-order valence-electron chi connectivity index (χ4n) is 4.15. The van der Waals surface area contributed by atoms with E-state index < -0.39 is 29.9 Å². The maximum Gasteiger partial charge on any atom is 0.335 e. The maximum absolute atomic E-state index is 12.5. The average molecular weight is 472 g/mol. The Morgan fingerprint density at radius 2 is 1.94 bits per heavy atom. The molecule has 0 saturated carbocycles. The molecule has 10 heteroatoms. The van der Waals surface area contributed by atoms with Crippen LogP contribution >= 0.6 is 0 Å². The number of amides is 1. The van der Waals surface area contributed by atoms with Crippen molar-refractivity contribution in [2.24, 2.45) is 10.9 Å². The number of methoxy groups -OCH3 is 1. The molecule has 0 radical (unpaired) electrons. The molecule has 2 aromatic carbocycles. The number of aliphatic imine (C=N–C) groups is 1. The Balaban J connectivity index is 2.06. The molecule has 1 amide bonds. The normalized spacial score (nSPS) is 20.2. The van der Waals surface area contributed by atoms with E-state index in [1.165, 1.54) is 12.2 Å². The van der Waals surface area contributed by atoms with Crippen molar-refractivity contribution >= 4 is 24.3 Å². The van der Waals surface area contributed by atoms with Gasteiger partial charge in [-0.2, -0.15) is 5.06 Å². The van der Waals surface area contributed by atoms with Crippen LogP contribution in [0.3, 0.4) is 0 Å². The lowest BCUT2D eigenvalue weighted by atomic mass is 9.94. The molecule has 34 heavy (non-hydrogen) atoms. The van der Waals surface area contributed by atoms with Crippen molar-refractivity contribution in [1.82, 2.24) is 5.06 Å². The third-order valence-corrected chi connectivity index (χ3v) is 5.88. The summed E-state index contributed by atoms with van der Waals surface area (Å²) in [5, 5.41) is 30.4. The number of carboxylic acids is 1. The van der Waals surface area contributed by atoms with Crippen molar-refractivity contribution in [3.05, 3.63) is 47.5 Å². The van der Waals surface area contributed by atoms with Crippen LogP contribution in [-0.2, 0) is 16.2 Å². The van der Waals surface area contributed by atoms with Gasteiger partial charge >= 0.3 is 5.97 Å². The lowest BCUT2D eigenvalue weighted by molar-refractivity contribution is -0.180. The van der Waals surface area contributed by atoms with Crippen LogP contribution in [0.4, 0.5) is 5.69 Å². The van der Waals surface area contributed by atoms with Crippen molar-refractivity contribution in [2.75, 3.05) is 39.3 Å². The SMILES string of the molecule is C=NC(=O)[C@@H]1[C@H](CO)[C@H](CO)ON1Cc1cccc(-c2cc(C(=O)O)cc(N(C)C)c2)c1OC. The fraction of sp³-hybridized carbons (Fsp3) is 0.375. The number of aliphatic hydroxyl groups is 2. The number of nitrogens with zero attached hydrogens (tertiary/aromatic N) is 3. The molecule has 1 saturated heterocycles. The van der Waals surface area contributed by atoms with E-state index in [1.54, 1.807) is 24.3 Å². The van der Waals surface area contributed by atoms with Gasteiger partial charge in [-0.15, -0.1) is 0 Å². The summed E-state index contributed by atoms with van der Waals surface area (Å²) >= 11 is 0. The lowest BCUT2D eigenvalue weighted by Crippen LogP contribution is -2.40. The molecule has 0 spiro atoms. The van der Waals surface area contributed by atoms with Gasteiger partial charge in [0.2, 0.25) is 0 Å². The van der Waals surface area contributed by atoms with Crippen molar-refractivity contribution in [1.29, 1.82) is 0 Å². The summed E-state index contributed by atoms with van der Waals surface area (Å²) in [6, 6.07) is 9.49. The van der Waals surface area contributed by atoms with Gasteiger partial charge in [0.1, 0.15) is 17.9 Å². The molecule has 3 rings (SSSR count). The lowest BCUT2D eigenvalue weighted by Gasteiger charge is -2.24. The molecule has 0 bridgehead atoms. The van der Waals surface area contributed by atoms with Gasteiger partial charge in [-0.05, 0) is 30.5 Å². The van der Waals surface area contributed by atoms with Gasteiger partial charge in [-0.1, -0.05) is 18.2 Å². The molecule has 1 fully saturated rings. The molecule has 0 aromatic heterocycles. The minimum absolute atomic E-state index is 0.0924. The van der Waals surface area contributed by atoms with Crippen LogP contribution in [-0.4, -0.2) is 85.5 Å². The summed E-state index contributed by atoms with van der Waals surface area (Å²) in [5.74, 6) is -1.82. The van der Waals surface area contributed by atoms with E-state index in [0.717, 1.165) is 0 Å². The number of para-hydroxylation sites is 1. The maximum atomic E-state index is 12.5. The van der Waals surface area contributed by atoms with Crippen molar-refractivity contribution in [3.63, 3.8) is 0 Å². The van der Waals surface area contributed by atoms with Crippen LogP contribution in [0.25, 0.3) is 11.1 Å². The van der Waals surface area contributed by atoms with Crippen LogP contribution in [0.5, 0.6) is 5.75 Å². The van der Waals surface area contributed by atoms with Crippen LogP contribution in [0.1, 0.15) is 15.9 Å². The highest BCUT2D eigenvalue weighted by atomic mass is 16.7. The van der Waals surface area contributed by atoms with E-state index in [4.69, 9.17) is 9.57 Å². The number of benzene rings is 2. The van der Waals surface area contributed by atoms with E-state index in [1.807, 2.05) is 31.1 Å². The molecule has 0 aliphatic carbocycles. The minimum atomic E-state index is -1.05. The number of hydroxylamine groups is 2. The van der Waals surface area contributed by atoms with E-state index >= 15 is 0 Å². The van der Waals surface area contributed by atoms with Crippen LogP contribution in [0, 0.1) is 5.92 Å². The third kappa shape index (κ3) is 4.95. The molecule has 1 aliphatic heterocycles. The van der Waals surface area contributed by atoms with E-state index in [9.17, 15) is 24.9 Å². The van der Waals surface area contributed by atoms with Crippen molar-refractivity contribution in [3.8, 4) is 16.9 Å². The molecule has 0 unspecified atom stereocenters. The zero-order valence-electron chi connectivity index (χ0n) is 19.3. The third-order valence-electron chi connectivity index (χ3n) is 5.88. The number of carboxylic acid groups (broad SMARTS) is 1. The largest absolute Gasteiger partial charge is 0.496 e. The Bertz CT molecular complexity index is 1070. The molecular weight excluding hydrogens is 442 g/mol. The molecule has 1 heterocycles. The molecule has 1 aliphatic rings. The first-order chi connectivity index (χ1) is 16.2. The van der Waals surface area contributed by atoms with Crippen molar-refractivity contribution < 1.29 is 34.5 Å². The van der Waals surface area contributed by atoms with Crippen LogP contribution in [0.2, 0.25) is 0 Å². The van der Waals surface area contributed by atoms with E-state index in [2.05, 4.69) is 11.7 Å². The van der Waals surface area contributed by atoms with E-state index in [0.29, 0.717) is 28.1 Å². The number of hydrogen-bond acceptors (Lipinski definition) is 8. The standard InChI is InChI=1S/C24H29N3O7/c1-25-23(30)21-19(12-28)20(13-29)34-27(21)11-14-6-5-7-18(22(14)33-4)15-8-16(24(31)32)10-17(9-15)26(2)3/h5-10,19-21,28-29H,1,11-13H2,2-4H3,(H,31,32)/t19-,20+,21+/m1/s1. The first kappa shape index (κ1) is 25.3. The molecule has 2 aromatic rings. The quantitative estimate of drug-likeness (QED) is 0.465. The zero-order chi connectivity index (χ0) is 25.0. The first-order valence-electron chi connectivity index (χ1n) is 10.6. The summed E-state index contributed by atoms with van der Waals surface area (Å²) in [6.07, 6.45) is -0.773. The summed E-state index contributed by atoms with van der Waals surface area (Å²) in [4.78, 5) is 35.2. The summed E-state index contributed by atoms with van der Waals surface area (Å²) < 4.78 is 5.71. The molecule has 3 N–H and O–H groups in total. The highest BCUT2D eigenvalue weighted by Crippen LogP contribution is 2.38. The monoisotopic (exact) mass is 471 g/mol. The van der Waals surface area contributed by atoms with Gasteiger partial charge in [-0.3, -0.25) is 9.63 Å². The highest BCUT2D eigenvalue weighted by Gasteiger charge is 2.46. The second-order valence-electron chi connectivity index (χ2n) is 8.16. The van der Waals surface area contributed by atoms with Gasteiger partial charge in [0.05, 0.1) is 32.4 Å². The van der Waals surface area contributed by atoms with Crippen molar-refractivity contribution in [2.45, 2.75) is 18.7 Å². The predicted octanol–water partition coefficient (Wildman–Crippen LogP) is 1.44.